The van der Waals surface area contributed by atoms with Gasteiger partial charge in [0.05, 0.1) is 32.1 Å². The lowest BCUT2D eigenvalue weighted by molar-refractivity contribution is 0.315. The summed E-state index contributed by atoms with van der Waals surface area (Å²) in [6, 6.07) is 9.61. The minimum Gasteiger partial charge on any atom is -0.496 e. The number of fused-ring (bicyclic) bond motifs is 2. The fraction of sp³-hybridized carbons (Fsp3) is 0.250. The minimum absolute atomic E-state index is 0.286. The highest BCUT2D eigenvalue weighted by Gasteiger charge is 2.31. The monoisotopic (exact) mass is 369 g/mol. The summed E-state index contributed by atoms with van der Waals surface area (Å²) in [5, 5.41) is 3.17. The van der Waals surface area contributed by atoms with Gasteiger partial charge in [0.2, 0.25) is 0 Å². The zero-order valence-corrected chi connectivity index (χ0v) is 15.1. The standard InChI is InChI=1S/C20H20FN3O3/c1-25-13-9-15(26-2)17-16(10-13)27-8-7-14-18(23-20(22)24-19(14)17)11-3-5-12(21)6-4-11/h3-6,9-10,18H,7-8H2,1-2H3,(H3,22,23,24). The Morgan fingerprint density at radius 1 is 1.19 bits per heavy atom. The maximum atomic E-state index is 13.4. The van der Waals surface area contributed by atoms with E-state index >= 15 is 0 Å². The molecule has 27 heavy (non-hydrogen) atoms. The van der Waals surface area contributed by atoms with Crippen LogP contribution in [0.5, 0.6) is 17.2 Å². The predicted molar refractivity (Wildman–Crippen MR) is 100 cm³/mol. The van der Waals surface area contributed by atoms with Gasteiger partial charge in [-0.3, -0.25) is 0 Å². The molecule has 0 amide bonds. The average Bonchev–Trinajstić information content (AvgIpc) is 2.86. The second-order valence-corrected chi connectivity index (χ2v) is 6.29. The summed E-state index contributed by atoms with van der Waals surface area (Å²) in [5.41, 5.74) is 9.54. The molecule has 2 aliphatic rings. The van der Waals surface area contributed by atoms with Crippen LogP contribution < -0.4 is 25.3 Å². The van der Waals surface area contributed by atoms with Crippen LogP contribution in [0.2, 0.25) is 0 Å². The molecule has 2 aliphatic heterocycles. The molecule has 4 rings (SSSR count). The lowest BCUT2D eigenvalue weighted by Crippen LogP contribution is -2.35. The first-order valence-corrected chi connectivity index (χ1v) is 8.58. The molecule has 2 heterocycles. The van der Waals surface area contributed by atoms with Gasteiger partial charge in [0.1, 0.15) is 29.1 Å². The van der Waals surface area contributed by atoms with E-state index in [2.05, 4.69) is 10.3 Å². The van der Waals surface area contributed by atoms with Gasteiger partial charge in [-0.1, -0.05) is 12.1 Å². The van der Waals surface area contributed by atoms with Crippen LogP contribution in [0.25, 0.3) is 5.70 Å². The third-order valence-electron chi connectivity index (χ3n) is 4.73. The van der Waals surface area contributed by atoms with E-state index in [1.807, 2.05) is 6.07 Å². The van der Waals surface area contributed by atoms with Gasteiger partial charge in [-0.15, -0.1) is 0 Å². The van der Waals surface area contributed by atoms with Crippen molar-refractivity contribution in [2.75, 3.05) is 20.8 Å². The average molecular weight is 369 g/mol. The van der Waals surface area contributed by atoms with E-state index < -0.39 is 0 Å². The van der Waals surface area contributed by atoms with E-state index in [1.54, 1.807) is 32.4 Å². The highest BCUT2D eigenvalue weighted by atomic mass is 19.1. The summed E-state index contributed by atoms with van der Waals surface area (Å²) in [5.74, 6) is 1.90. The Morgan fingerprint density at radius 2 is 1.96 bits per heavy atom. The summed E-state index contributed by atoms with van der Waals surface area (Å²) < 4.78 is 30.3. The van der Waals surface area contributed by atoms with Gasteiger partial charge in [0, 0.05) is 18.6 Å². The van der Waals surface area contributed by atoms with Crippen molar-refractivity contribution in [2.24, 2.45) is 10.7 Å². The molecule has 0 bridgehead atoms. The van der Waals surface area contributed by atoms with Crippen molar-refractivity contribution in [3.63, 3.8) is 0 Å². The van der Waals surface area contributed by atoms with Crippen molar-refractivity contribution in [3.05, 3.63) is 58.9 Å². The number of nitrogens with one attached hydrogen (secondary N) is 1. The molecule has 0 spiro atoms. The molecule has 0 radical (unpaired) electrons. The number of hydrogen-bond acceptors (Lipinski definition) is 6. The Labute approximate surface area is 156 Å². The molecule has 0 aromatic heterocycles. The van der Waals surface area contributed by atoms with Crippen LogP contribution in [-0.2, 0) is 0 Å². The van der Waals surface area contributed by atoms with Crippen LogP contribution in [0.15, 0.2) is 47.0 Å². The number of methoxy groups -OCH3 is 2. The van der Waals surface area contributed by atoms with Crippen LogP contribution in [0.4, 0.5) is 4.39 Å². The SMILES string of the molecule is COc1cc(OC)c2c(c1)OCCC1=C2NC(N)=NC1c1ccc(F)cc1. The Bertz CT molecular complexity index is 938. The van der Waals surface area contributed by atoms with Gasteiger partial charge in [0.15, 0.2) is 5.96 Å². The zero-order chi connectivity index (χ0) is 19.0. The van der Waals surface area contributed by atoms with Gasteiger partial charge in [-0.2, -0.15) is 0 Å². The first-order chi connectivity index (χ1) is 13.1. The van der Waals surface area contributed by atoms with Gasteiger partial charge < -0.3 is 25.3 Å². The third-order valence-corrected chi connectivity index (χ3v) is 4.73. The van der Waals surface area contributed by atoms with E-state index in [-0.39, 0.29) is 17.8 Å². The predicted octanol–water partition coefficient (Wildman–Crippen LogP) is 3.00. The Morgan fingerprint density at radius 3 is 2.67 bits per heavy atom. The van der Waals surface area contributed by atoms with Gasteiger partial charge in [-0.05, 0) is 23.3 Å². The number of nitrogens with zero attached hydrogens (tertiary/aromatic N) is 1. The molecule has 0 saturated heterocycles. The van der Waals surface area contributed by atoms with Crippen molar-refractivity contribution >= 4 is 11.7 Å². The minimum atomic E-state index is -0.316. The summed E-state index contributed by atoms with van der Waals surface area (Å²) in [6.07, 6.45) is 0.640. The number of guanidine groups is 1. The summed E-state index contributed by atoms with van der Waals surface area (Å²) in [6.45, 7) is 0.469. The molecule has 0 fully saturated rings. The van der Waals surface area contributed by atoms with E-state index in [0.717, 1.165) is 22.4 Å². The van der Waals surface area contributed by atoms with Crippen LogP contribution in [0, 0.1) is 5.82 Å². The van der Waals surface area contributed by atoms with Crippen LogP contribution in [0.3, 0.4) is 0 Å². The van der Waals surface area contributed by atoms with Crippen molar-refractivity contribution < 1.29 is 18.6 Å². The first-order valence-electron chi connectivity index (χ1n) is 8.58. The molecular formula is C20H20FN3O3. The molecule has 7 heteroatoms. The lowest BCUT2D eigenvalue weighted by atomic mass is 9.91. The molecule has 6 nitrogen and oxygen atoms in total. The fourth-order valence-electron chi connectivity index (χ4n) is 3.48. The highest BCUT2D eigenvalue weighted by molar-refractivity contribution is 5.94. The van der Waals surface area contributed by atoms with Crippen LogP contribution in [0.1, 0.15) is 23.6 Å². The molecule has 3 N–H and O–H groups in total. The fourth-order valence-corrected chi connectivity index (χ4v) is 3.48. The van der Waals surface area contributed by atoms with Gasteiger partial charge in [0.25, 0.3) is 0 Å². The molecule has 1 atom stereocenters. The largest absolute Gasteiger partial charge is 0.496 e. The topological polar surface area (TPSA) is 78.1 Å². The van der Waals surface area contributed by atoms with E-state index in [0.29, 0.717) is 30.3 Å². The van der Waals surface area contributed by atoms with Gasteiger partial charge in [-0.25, -0.2) is 9.38 Å². The van der Waals surface area contributed by atoms with Crippen molar-refractivity contribution in [3.8, 4) is 17.2 Å². The summed E-state index contributed by atoms with van der Waals surface area (Å²) >= 11 is 0. The second kappa shape index (κ2) is 6.83. The number of aliphatic imine (C=N–C) groups is 1. The second-order valence-electron chi connectivity index (χ2n) is 6.29. The highest BCUT2D eigenvalue weighted by Crippen LogP contribution is 2.45. The summed E-state index contributed by atoms with van der Waals surface area (Å²) in [4.78, 5) is 4.55. The number of rotatable bonds is 3. The van der Waals surface area contributed by atoms with Crippen LogP contribution in [-0.4, -0.2) is 26.8 Å². The van der Waals surface area contributed by atoms with Crippen LogP contribution >= 0.6 is 0 Å². The van der Waals surface area contributed by atoms with Gasteiger partial charge >= 0.3 is 0 Å². The van der Waals surface area contributed by atoms with E-state index in [9.17, 15) is 4.39 Å². The third kappa shape index (κ3) is 3.05. The Hall–Kier alpha value is -3.22. The quantitative estimate of drug-likeness (QED) is 0.870. The Balaban J connectivity index is 1.90. The number of hydrogen-bond donors (Lipinski definition) is 2. The lowest BCUT2D eigenvalue weighted by Gasteiger charge is -2.27. The number of benzene rings is 2. The number of halogens is 1. The molecule has 2 aromatic carbocycles. The smallest absolute Gasteiger partial charge is 0.194 e. The van der Waals surface area contributed by atoms with E-state index in [4.69, 9.17) is 19.9 Å². The van der Waals surface area contributed by atoms with E-state index in [1.165, 1.54) is 12.1 Å². The molecule has 140 valence electrons. The Kier molecular flexibility index (Phi) is 4.35. The number of nitrogens with two attached hydrogens (primary N) is 1. The maximum absolute atomic E-state index is 13.4. The zero-order valence-electron chi connectivity index (χ0n) is 15.1. The molecule has 1 unspecified atom stereocenters. The van der Waals surface area contributed by atoms with Crippen molar-refractivity contribution in [2.45, 2.75) is 12.5 Å². The summed E-state index contributed by atoms with van der Waals surface area (Å²) in [7, 11) is 3.19. The molecule has 2 aromatic rings. The normalized spacial score (nSPS) is 18.3. The van der Waals surface area contributed by atoms with Crippen molar-refractivity contribution in [1.29, 1.82) is 0 Å². The molecule has 0 saturated carbocycles. The molecule has 0 aliphatic carbocycles. The number of ether oxygens (including phenoxy) is 3. The first kappa shape index (κ1) is 17.2. The molecular weight excluding hydrogens is 349 g/mol. The maximum Gasteiger partial charge on any atom is 0.194 e. The van der Waals surface area contributed by atoms with Crippen molar-refractivity contribution in [1.82, 2.24) is 5.32 Å².